The van der Waals surface area contributed by atoms with Gasteiger partial charge in [-0.2, -0.15) is 0 Å². The maximum absolute atomic E-state index is 12.5. The molecule has 1 aromatic heterocycles. The normalized spacial score (nSPS) is 17.4. The Kier molecular flexibility index (Phi) is 6.98. The fraction of sp³-hybridized carbons (Fsp3) is 0.500. The first-order valence-electron chi connectivity index (χ1n) is 10.0. The first-order chi connectivity index (χ1) is 13.5. The van der Waals surface area contributed by atoms with E-state index in [0.717, 1.165) is 39.0 Å². The number of hydrogen-bond donors (Lipinski definition) is 0. The van der Waals surface area contributed by atoms with Crippen LogP contribution in [0, 0.1) is 12.8 Å². The number of nitrogens with zero attached hydrogens (tertiary/aromatic N) is 4. The number of rotatable bonds is 7. The van der Waals surface area contributed by atoms with Crippen LogP contribution in [0.5, 0.6) is 0 Å². The van der Waals surface area contributed by atoms with Crippen molar-refractivity contribution in [2.45, 2.75) is 32.7 Å². The van der Waals surface area contributed by atoms with E-state index in [0.29, 0.717) is 5.92 Å². The van der Waals surface area contributed by atoms with E-state index in [9.17, 15) is 9.59 Å². The molecule has 1 aromatic carbocycles. The van der Waals surface area contributed by atoms with Gasteiger partial charge in [0, 0.05) is 39.1 Å². The maximum Gasteiger partial charge on any atom is 0.347 e. The molecule has 1 saturated heterocycles. The lowest BCUT2D eigenvalue weighted by atomic mass is 9.96. The monoisotopic (exact) mass is 382 g/mol. The third-order valence-corrected chi connectivity index (χ3v) is 5.61. The van der Waals surface area contributed by atoms with Crippen LogP contribution in [0.1, 0.15) is 24.0 Å². The van der Waals surface area contributed by atoms with E-state index < -0.39 is 0 Å². The molecule has 0 unspecified atom stereocenters. The second-order valence-corrected chi connectivity index (χ2v) is 7.79. The second-order valence-electron chi connectivity index (χ2n) is 7.79. The van der Waals surface area contributed by atoms with E-state index in [1.165, 1.54) is 28.3 Å². The molecule has 150 valence electrons. The Morgan fingerprint density at radius 2 is 2.11 bits per heavy atom. The zero-order valence-corrected chi connectivity index (χ0v) is 16.9. The first kappa shape index (κ1) is 20.3. The third kappa shape index (κ3) is 5.52. The molecule has 3 rings (SSSR count). The second kappa shape index (κ2) is 9.64. The minimum absolute atomic E-state index is 0.0485. The van der Waals surface area contributed by atoms with Gasteiger partial charge in [-0.3, -0.25) is 9.36 Å². The van der Waals surface area contributed by atoms with Crippen molar-refractivity contribution in [2.75, 3.05) is 33.2 Å². The van der Waals surface area contributed by atoms with Gasteiger partial charge in [-0.05, 0) is 55.8 Å². The molecule has 6 nitrogen and oxygen atoms in total. The van der Waals surface area contributed by atoms with E-state index in [-0.39, 0.29) is 18.1 Å². The number of benzene rings is 1. The van der Waals surface area contributed by atoms with Crippen molar-refractivity contribution in [1.29, 1.82) is 0 Å². The van der Waals surface area contributed by atoms with Crippen LogP contribution in [0.3, 0.4) is 0 Å². The minimum Gasteiger partial charge on any atom is -0.344 e. The van der Waals surface area contributed by atoms with Crippen molar-refractivity contribution >= 4 is 5.91 Å². The number of likely N-dealkylation sites (tertiary alicyclic amines) is 1. The minimum atomic E-state index is -0.385. The Labute approximate surface area is 166 Å². The highest BCUT2D eigenvalue weighted by atomic mass is 16.2. The maximum atomic E-state index is 12.5. The van der Waals surface area contributed by atoms with Crippen molar-refractivity contribution in [3.63, 3.8) is 0 Å². The predicted molar refractivity (Wildman–Crippen MR) is 110 cm³/mol. The molecule has 1 atom stereocenters. The summed E-state index contributed by atoms with van der Waals surface area (Å²) in [5.41, 5.74) is 2.38. The highest BCUT2D eigenvalue weighted by Gasteiger charge is 2.23. The van der Waals surface area contributed by atoms with Crippen LogP contribution in [-0.4, -0.2) is 58.5 Å². The van der Waals surface area contributed by atoms with Crippen molar-refractivity contribution < 1.29 is 4.79 Å². The van der Waals surface area contributed by atoms with Gasteiger partial charge in [0.05, 0.1) is 0 Å². The summed E-state index contributed by atoms with van der Waals surface area (Å²) in [6.45, 7) is 6.16. The molecule has 6 heteroatoms. The predicted octanol–water partition coefficient (Wildman–Crippen LogP) is 1.96. The molecule has 1 fully saturated rings. The summed E-state index contributed by atoms with van der Waals surface area (Å²) in [5.74, 6) is 0.428. The van der Waals surface area contributed by atoms with Gasteiger partial charge in [-0.15, -0.1) is 0 Å². The molecule has 0 bridgehead atoms. The molecule has 0 spiro atoms. The van der Waals surface area contributed by atoms with Gasteiger partial charge in [0.15, 0.2) is 0 Å². The van der Waals surface area contributed by atoms with Crippen molar-refractivity contribution in [1.82, 2.24) is 19.4 Å². The summed E-state index contributed by atoms with van der Waals surface area (Å²) in [7, 11) is 1.83. The zero-order chi connectivity index (χ0) is 19.9. The highest BCUT2D eigenvalue weighted by molar-refractivity contribution is 5.75. The number of aryl methyl sites for hydroxylation is 1. The molecule has 0 radical (unpaired) electrons. The van der Waals surface area contributed by atoms with Gasteiger partial charge in [-0.25, -0.2) is 9.78 Å². The standard InChI is InChI=1S/C22H30N4O2/c1-18-7-3-4-9-20(18)10-14-25-12-5-8-19(16-25)15-24(2)21(27)17-26-13-6-11-23-22(26)28/h3-4,6-7,9,11,13,19H,5,8,10,12,14-17H2,1-2H3/t19-/m0/s1. The number of hydrogen-bond acceptors (Lipinski definition) is 4. The van der Waals surface area contributed by atoms with E-state index in [1.807, 2.05) is 7.05 Å². The molecule has 2 aromatic rings. The fourth-order valence-corrected chi connectivity index (χ4v) is 3.94. The average molecular weight is 383 g/mol. The van der Waals surface area contributed by atoms with Gasteiger partial charge >= 0.3 is 5.69 Å². The number of carbonyl (C=O) groups excluding carboxylic acids is 1. The Morgan fingerprint density at radius 1 is 1.29 bits per heavy atom. The van der Waals surface area contributed by atoms with Crippen LogP contribution >= 0.6 is 0 Å². The molecular weight excluding hydrogens is 352 g/mol. The zero-order valence-electron chi connectivity index (χ0n) is 16.9. The SMILES string of the molecule is Cc1ccccc1CCN1CCC[C@@H](CN(C)C(=O)Cn2cccnc2=O)C1. The van der Waals surface area contributed by atoms with Crippen LogP contribution in [0.2, 0.25) is 0 Å². The highest BCUT2D eigenvalue weighted by Crippen LogP contribution is 2.18. The first-order valence-corrected chi connectivity index (χ1v) is 10.0. The van der Waals surface area contributed by atoms with Gasteiger partial charge in [0.2, 0.25) is 5.91 Å². The van der Waals surface area contributed by atoms with Gasteiger partial charge in [0.1, 0.15) is 6.54 Å². The molecular formula is C22H30N4O2. The van der Waals surface area contributed by atoms with E-state index in [1.54, 1.807) is 17.2 Å². The van der Waals surface area contributed by atoms with Crippen LogP contribution in [0.15, 0.2) is 47.5 Å². The van der Waals surface area contributed by atoms with Crippen LogP contribution < -0.4 is 5.69 Å². The quantitative estimate of drug-likeness (QED) is 0.735. The van der Waals surface area contributed by atoms with Crippen LogP contribution in [0.4, 0.5) is 0 Å². The lowest BCUT2D eigenvalue weighted by molar-refractivity contribution is -0.131. The summed E-state index contributed by atoms with van der Waals surface area (Å²) in [5, 5.41) is 0. The lowest BCUT2D eigenvalue weighted by Crippen LogP contribution is -2.43. The van der Waals surface area contributed by atoms with Gasteiger partial charge in [-0.1, -0.05) is 24.3 Å². The van der Waals surface area contributed by atoms with Gasteiger partial charge in [0.25, 0.3) is 0 Å². The van der Waals surface area contributed by atoms with Crippen LogP contribution in [0.25, 0.3) is 0 Å². The molecule has 0 N–H and O–H groups in total. The molecule has 1 amide bonds. The lowest BCUT2D eigenvalue weighted by Gasteiger charge is -2.35. The summed E-state index contributed by atoms with van der Waals surface area (Å²) in [6.07, 6.45) is 6.43. The van der Waals surface area contributed by atoms with Crippen LogP contribution in [-0.2, 0) is 17.8 Å². The number of amides is 1. The Hall–Kier alpha value is -2.47. The number of likely N-dealkylation sites (N-methyl/N-ethyl adjacent to an activating group) is 1. The molecule has 2 heterocycles. The van der Waals surface area contributed by atoms with E-state index >= 15 is 0 Å². The third-order valence-electron chi connectivity index (χ3n) is 5.61. The Balaban J connectivity index is 1.48. The molecule has 0 aliphatic carbocycles. The smallest absolute Gasteiger partial charge is 0.344 e. The largest absolute Gasteiger partial charge is 0.347 e. The molecule has 1 aliphatic heterocycles. The summed E-state index contributed by atoms with van der Waals surface area (Å²) >= 11 is 0. The van der Waals surface area contributed by atoms with E-state index in [4.69, 9.17) is 0 Å². The van der Waals surface area contributed by atoms with E-state index in [2.05, 4.69) is 41.1 Å². The van der Waals surface area contributed by atoms with Crippen molar-refractivity contribution in [3.8, 4) is 0 Å². The Morgan fingerprint density at radius 3 is 2.89 bits per heavy atom. The summed E-state index contributed by atoms with van der Waals surface area (Å²) in [6, 6.07) is 10.2. The topological polar surface area (TPSA) is 58.4 Å². The summed E-state index contributed by atoms with van der Waals surface area (Å²) in [4.78, 5) is 32.2. The van der Waals surface area contributed by atoms with Crippen molar-refractivity contribution in [3.05, 3.63) is 64.3 Å². The fourth-order valence-electron chi connectivity index (χ4n) is 3.94. The molecule has 28 heavy (non-hydrogen) atoms. The average Bonchev–Trinajstić information content (AvgIpc) is 2.69. The number of carbonyl (C=O) groups is 1. The number of piperidine rings is 1. The molecule has 1 aliphatic rings. The van der Waals surface area contributed by atoms with Gasteiger partial charge < -0.3 is 9.80 Å². The van der Waals surface area contributed by atoms with Crippen molar-refractivity contribution in [2.24, 2.45) is 5.92 Å². The summed E-state index contributed by atoms with van der Waals surface area (Å²) < 4.78 is 1.36. The molecule has 0 saturated carbocycles. The Bertz CT molecular complexity index is 848. The number of aromatic nitrogens is 2.